The highest BCUT2D eigenvalue weighted by atomic mass is 16.2. The fourth-order valence-corrected chi connectivity index (χ4v) is 1.92. The van der Waals surface area contributed by atoms with Crippen LogP contribution in [0.25, 0.3) is 0 Å². The number of rotatable bonds is 5. The molecule has 0 saturated carbocycles. The Morgan fingerprint density at radius 2 is 2.00 bits per heavy atom. The molecule has 3 N–H and O–H groups in total. The van der Waals surface area contributed by atoms with Crippen LogP contribution in [0.3, 0.4) is 0 Å². The average molecular weight is 254 g/mol. The Morgan fingerprint density at radius 1 is 1.39 bits per heavy atom. The SMILES string of the molecule is C=CCC(N)C(=O)N1CCN(CC(=O)NC)CC1. The zero-order valence-electron chi connectivity index (χ0n) is 10.9. The van der Waals surface area contributed by atoms with Gasteiger partial charge in [-0.2, -0.15) is 0 Å². The van der Waals surface area contributed by atoms with E-state index in [1.54, 1.807) is 18.0 Å². The summed E-state index contributed by atoms with van der Waals surface area (Å²) in [5.74, 6) is -0.0346. The third-order valence-electron chi connectivity index (χ3n) is 3.07. The van der Waals surface area contributed by atoms with Gasteiger partial charge in [-0.15, -0.1) is 6.58 Å². The lowest BCUT2D eigenvalue weighted by molar-refractivity contribution is -0.134. The number of nitrogens with one attached hydrogen (secondary N) is 1. The second-order valence-corrected chi connectivity index (χ2v) is 4.41. The van der Waals surface area contributed by atoms with Crippen LogP contribution in [0.1, 0.15) is 6.42 Å². The Balaban J connectivity index is 2.36. The van der Waals surface area contributed by atoms with Crippen LogP contribution >= 0.6 is 0 Å². The van der Waals surface area contributed by atoms with E-state index < -0.39 is 6.04 Å². The maximum absolute atomic E-state index is 11.9. The van der Waals surface area contributed by atoms with E-state index in [1.165, 1.54) is 0 Å². The van der Waals surface area contributed by atoms with Crippen molar-refractivity contribution in [3.05, 3.63) is 12.7 Å². The molecule has 0 aromatic rings. The minimum absolute atomic E-state index is 0.00173. The van der Waals surface area contributed by atoms with Crippen LogP contribution in [-0.4, -0.2) is 67.4 Å². The first-order valence-electron chi connectivity index (χ1n) is 6.16. The predicted octanol–water partition coefficient (Wildman–Crippen LogP) is -1.22. The standard InChI is InChI=1S/C12H22N4O2/c1-3-4-10(13)12(18)16-7-5-15(6-8-16)9-11(17)14-2/h3,10H,1,4-9,13H2,2H3,(H,14,17). The van der Waals surface area contributed by atoms with E-state index in [9.17, 15) is 9.59 Å². The topological polar surface area (TPSA) is 78.7 Å². The first-order valence-corrected chi connectivity index (χ1v) is 6.16. The molecule has 1 aliphatic rings. The van der Waals surface area contributed by atoms with E-state index in [-0.39, 0.29) is 11.8 Å². The van der Waals surface area contributed by atoms with E-state index >= 15 is 0 Å². The van der Waals surface area contributed by atoms with E-state index in [4.69, 9.17) is 5.73 Å². The van der Waals surface area contributed by atoms with Gasteiger partial charge in [-0.1, -0.05) is 6.08 Å². The molecule has 0 aliphatic carbocycles. The van der Waals surface area contributed by atoms with Crippen LogP contribution < -0.4 is 11.1 Å². The molecule has 6 heteroatoms. The van der Waals surface area contributed by atoms with Crippen molar-refractivity contribution in [2.24, 2.45) is 5.73 Å². The smallest absolute Gasteiger partial charge is 0.239 e. The lowest BCUT2D eigenvalue weighted by Crippen LogP contribution is -2.54. The Morgan fingerprint density at radius 3 is 2.50 bits per heavy atom. The summed E-state index contributed by atoms with van der Waals surface area (Å²) >= 11 is 0. The molecule has 1 fully saturated rings. The zero-order chi connectivity index (χ0) is 13.5. The highest BCUT2D eigenvalue weighted by Crippen LogP contribution is 2.04. The molecule has 0 radical (unpaired) electrons. The normalized spacial score (nSPS) is 18.2. The Labute approximate surface area is 108 Å². The van der Waals surface area contributed by atoms with Gasteiger partial charge in [0.05, 0.1) is 12.6 Å². The minimum atomic E-state index is -0.493. The Bertz CT molecular complexity index is 311. The van der Waals surface area contributed by atoms with Crippen LogP contribution in [0.15, 0.2) is 12.7 Å². The number of carbonyl (C=O) groups is 2. The number of piperazine rings is 1. The molecular weight excluding hydrogens is 232 g/mol. The van der Waals surface area contributed by atoms with Crippen LogP contribution in [0.2, 0.25) is 0 Å². The molecule has 2 amide bonds. The van der Waals surface area contributed by atoms with Crippen molar-refractivity contribution in [3.8, 4) is 0 Å². The first kappa shape index (κ1) is 14.7. The van der Waals surface area contributed by atoms with Gasteiger partial charge >= 0.3 is 0 Å². The molecule has 1 rings (SSSR count). The maximum atomic E-state index is 11.9. The lowest BCUT2D eigenvalue weighted by Gasteiger charge is -2.35. The highest BCUT2D eigenvalue weighted by molar-refractivity contribution is 5.82. The summed E-state index contributed by atoms with van der Waals surface area (Å²) in [4.78, 5) is 26.9. The van der Waals surface area contributed by atoms with Gasteiger partial charge < -0.3 is 16.0 Å². The number of hydrogen-bond acceptors (Lipinski definition) is 4. The molecule has 18 heavy (non-hydrogen) atoms. The van der Waals surface area contributed by atoms with Gasteiger partial charge in [0, 0.05) is 33.2 Å². The average Bonchev–Trinajstić information content (AvgIpc) is 2.39. The van der Waals surface area contributed by atoms with Crippen molar-refractivity contribution in [2.75, 3.05) is 39.8 Å². The summed E-state index contributed by atoms with van der Waals surface area (Å²) in [6.45, 7) is 6.63. The number of amides is 2. The van der Waals surface area contributed by atoms with Gasteiger partial charge in [0.1, 0.15) is 0 Å². The number of carbonyl (C=O) groups excluding carboxylic acids is 2. The molecule has 1 aliphatic heterocycles. The fourth-order valence-electron chi connectivity index (χ4n) is 1.92. The summed E-state index contributed by atoms with van der Waals surface area (Å²) in [5, 5.41) is 2.59. The zero-order valence-corrected chi connectivity index (χ0v) is 10.9. The highest BCUT2D eigenvalue weighted by Gasteiger charge is 2.25. The molecule has 0 aromatic heterocycles. The van der Waals surface area contributed by atoms with Crippen LogP contribution in [0, 0.1) is 0 Å². The second kappa shape index (κ2) is 7.13. The molecule has 0 spiro atoms. The first-order chi connectivity index (χ1) is 8.58. The molecule has 6 nitrogen and oxygen atoms in total. The molecule has 1 unspecified atom stereocenters. The summed E-state index contributed by atoms with van der Waals surface area (Å²) < 4.78 is 0. The maximum Gasteiger partial charge on any atom is 0.239 e. The van der Waals surface area contributed by atoms with E-state index in [1.807, 2.05) is 4.90 Å². The van der Waals surface area contributed by atoms with Crippen molar-refractivity contribution in [2.45, 2.75) is 12.5 Å². The molecule has 1 heterocycles. The largest absolute Gasteiger partial charge is 0.358 e. The lowest BCUT2D eigenvalue weighted by atomic mass is 10.1. The molecule has 102 valence electrons. The third-order valence-corrected chi connectivity index (χ3v) is 3.07. The number of likely N-dealkylation sites (N-methyl/N-ethyl adjacent to an activating group) is 1. The Kier molecular flexibility index (Phi) is 5.80. The van der Waals surface area contributed by atoms with Crippen LogP contribution in [-0.2, 0) is 9.59 Å². The monoisotopic (exact) mass is 254 g/mol. The summed E-state index contributed by atoms with van der Waals surface area (Å²) in [7, 11) is 1.62. The van der Waals surface area contributed by atoms with Crippen molar-refractivity contribution >= 4 is 11.8 Å². The van der Waals surface area contributed by atoms with E-state index in [0.29, 0.717) is 39.1 Å². The summed E-state index contributed by atoms with van der Waals surface area (Å²) in [6.07, 6.45) is 2.15. The summed E-state index contributed by atoms with van der Waals surface area (Å²) in [6, 6.07) is -0.493. The van der Waals surface area contributed by atoms with Gasteiger partial charge in [0.2, 0.25) is 11.8 Å². The van der Waals surface area contributed by atoms with Gasteiger partial charge in [0.25, 0.3) is 0 Å². The minimum Gasteiger partial charge on any atom is -0.358 e. The van der Waals surface area contributed by atoms with Crippen molar-refractivity contribution in [3.63, 3.8) is 0 Å². The van der Waals surface area contributed by atoms with Gasteiger partial charge in [0.15, 0.2) is 0 Å². The predicted molar refractivity (Wildman–Crippen MR) is 69.9 cm³/mol. The van der Waals surface area contributed by atoms with Gasteiger partial charge in [-0.05, 0) is 6.42 Å². The van der Waals surface area contributed by atoms with Crippen LogP contribution in [0.5, 0.6) is 0 Å². The van der Waals surface area contributed by atoms with Crippen LogP contribution in [0.4, 0.5) is 0 Å². The summed E-state index contributed by atoms with van der Waals surface area (Å²) in [5.41, 5.74) is 5.76. The van der Waals surface area contributed by atoms with Gasteiger partial charge in [-0.3, -0.25) is 14.5 Å². The fraction of sp³-hybridized carbons (Fsp3) is 0.667. The molecular formula is C12H22N4O2. The number of nitrogens with two attached hydrogens (primary N) is 1. The van der Waals surface area contributed by atoms with Crippen molar-refractivity contribution < 1.29 is 9.59 Å². The number of nitrogens with zero attached hydrogens (tertiary/aromatic N) is 2. The third kappa shape index (κ3) is 4.12. The van der Waals surface area contributed by atoms with Crippen molar-refractivity contribution in [1.29, 1.82) is 0 Å². The second-order valence-electron chi connectivity index (χ2n) is 4.41. The molecule has 0 bridgehead atoms. The molecule has 1 atom stereocenters. The Hall–Kier alpha value is -1.40. The quantitative estimate of drug-likeness (QED) is 0.603. The van der Waals surface area contributed by atoms with E-state index in [0.717, 1.165) is 0 Å². The van der Waals surface area contributed by atoms with Gasteiger partial charge in [-0.25, -0.2) is 0 Å². The molecule has 1 saturated heterocycles. The molecule has 0 aromatic carbocycles. The van der Waals surface area contributed by atoms with E-state index in [2.05, 4.69) is 11.9 Å². The van der Waals surface area contributed by atoms with Crippen molar-refractivity contribution in [1.82, 2.24) is 15.1 Å². The number of hydrogen-bond donors (Lipinski definition) is 2.